The van der Waals surface area contributed by atoms with Gasteiger partial charge < -0.3 is 44.9 Å². The zero-order valence-corrected chi connectivity index (χ0v) is 43.5. The van der Waals surface area contributed by atoms with Gasteiger partial charge in [0.1, 0.15) is 40.9 Å². The number of nitrogens with one attached hydrogen (secondary N) is 1. The molecule has 1 saturated heterocycles. The van der Waals surface area contributed by atoms with Crippen molar-refractivity contribution < 1.29 is 49.1 Å². The van der Waals surface area contributed by atoms with E-state index in [-0.39, 0.29) is 74.4 Å². The lowest BCUT2D eigenvalue weighted by Crippen LogP contribution is -2.43. The van der Waals surface area contributed by atoms with E-state index >= 15 is 0 Å². The number of hydrogen-bond acceptors (Lipinski definition) is 13. The molecule has 2 aromatic carbocycles. The fraction of sp³-hybridized carbons (Fsp3) is 0.630. The number of ether oxygens (including phenoxy) is 2. The number of rotatable bonds is 6. The Morgan fingerprint density at radius 1 is 0.971 bits per heavy atom. The fourth-order valence-electron chi connectivity index (χ4n) is 9.64. The Labute approximate surface area is 404 Å². The number of phenols is 2. The van der Waals surface area contributed by atoms with E-state index in [0.29, 0.717) is 55.2 Å². The van der Waals surface area contributed by atoms with Crippen LogP contribution < -0.4 is 20.8 Å². The van der Waals surface area contributed by atoms with Crippen molar-refractivity contribution in [3.05, 3.63) is 57.8 Å². The van der Waals surface area contributed by atoms with Gasteiger partial charge >= 0.3 is 5.97 Å². The number of aromatic hydroxyl groups is 2. The number of piperidine rings is 1. The molecule has 5 aliphatic rings. The van der Waals surface area contributed by atoms with Crippen molar-refractivity contribution in [1.29, 1.82) is 0 Å². The van der Waals surface area contributed by atoms with Crippen molar-refractivity contribution in [1.82, 2.24) is 4.90 Å². The fourth-order valence-corrected chi connectivity index (χ4v) is 9.64. The molecule has 5 aliphatic heterocycles. The molecule has 1 unspecified atom stereocenters. The van der Waals surface area contributed by atoms with E-state index in [0.717, 1.165) is 26.7 Å². The summed E-state index contributed by atoms with van der Waals surface area (Å²) in [7, 11) is 1.00. The van der Waals surface area contributed by atoms with Crippen LogP contribution in [0.1, 0.15) is 144 Å². The molecule has 7 rings (SSSR count). The highest BCUT2D eigenvalue weighted by molar-refractivity contribution is 6.20. The number of Topliss-reactive ketones (excluding diaryl/α,β-unsaturated/α-hetero) is 1. The quantitative estimate of drug-likeness (QED) is 0.0610. The minimum atomic E-state index is -1.40. The van der Waals surface area contributed by atoms with Gasteiger partial charge in [-0.15, -0.1) is 0 Å². The number of fused-ring (bicyclic) bond motifs is 13. The van der Waals surface area contributed by atoms with Crippen LogP contribution in [-0.4, -0.2) is 99.5 Å². The standard InChI is InChI=1S/C49H66N4O9.2C2H6.CH4O/c1-11-33(25-54)47(60)61-43-28(5)16-12-13-18-48(10)45(58)36-34-35(41(56)32(9)44(36)62-48)42(57)39(38-37(34)51-49(52-38)19-21-53(22-20-49)24-26(2)3)50-46(59)29(6)17-14-15-27(4)23-30(7)40(55)31(43)8;3*1-2/h12-15,17,25-28,30-31,33,40,43,55-57H,11,16,18-24H2,1-10H3,(H,50,59);2*1-2H3;2H,1H3/b13-12+,15-14+,29-17-;;;/t27-,28+,30+,31+,33?,40+,43+,48+;;;/m0.../s1. The highest BCUT2D eigenvalue weighted by atomic mass is 16.5. The lowest BCUT2D eigenvalue weighted by atomic mass is 9.80. The molecular weight excluding hydrogens is 865 g/mol. The van der Waals surface area contributed by atoms with Gasteiger partial charge in [-0.3, -0.25) is 24.4 Å². The van der Waals surface area contributed by atoms with Crippen LogP contribution >= 0.6 is 0 Å². The first-order valence-electron chi connectivity index (χ1n) is 24.9. The Balaban J connectivity index is 0.00000196. The number of amides is 1. The number of aldehydes is 1. The maximum absolute atomic E-state index is 14.8. The predicted octanol–water partition coefficient (Wildman–Crippen LogP) is 8.48. The number of likely N-dealkylation sites (tertiary alicyclic amines) is 1. The lowest BCUT2D eigenvalue weighted by molar-refractivity contribution is -0.164. The van der Waals surface area contributed by atoms with Gasteiger partial charge in [-0.05, 0) is 63.7 Å². The van der Waals surface area contributed by atoms with Crippen LogP contribution in [-0.2, 0) is 19.1 Å². The Hall–Kier alpha value is -4.92. The number of hydrogen-bond donors (Lipinski definition) is 5. The molecule has 1 fully saturated rings. The zero-order valence-electron chi connectivity index (χ0n) is 43.5. The summed E-state index contributed by atoms with van der Waals surface area (Å²) in [5, 5.41) is 46.3. The molecule has 0 aromatic heterocycles. The number of ketones is 1. The van der Waals surface area contributed by atoms with Crippen LogP contribution in [0.15, 0.2) is 45.9 Å². The predicted molar refractivity (Wildman–Crippen MR) is 269 cm³/mol. The second-order valence-electron chi connectivity index (χ2n) is 19.1. The van der Waals surface area contributed by atoms with E-state index in [1.807, 2.05) is 73.6 Å². The van der Waals surface area contributed by atoms with Gasteiger partial charge in [-0.25, -0.2) is 0 Å². The molecule has 0 aliphatic carbocycles. The van der Waals surface area contributed by atoms with E-state index < -0.39 is 52.9 Å². The Morgan fingerprint density at radius 3 is 2.18 bits per heavy atom. The molecule has 14 heteroatoms. The molecule has 5 heterocycles. The molecule has 378 valence electrons. The Morgan fingerprint density at radius 2 is 1.59 bits per heavy atom. The number of carbonyl (C=O) groups excluding carboxylic acids is 4. The molecule has 0 radical (unpaired) electrons. The van der Waals surface area contributed by atoms with E-state index in [1.54, 1.807) is 39.8 Å². The van der Waals surface area contributed by atoms with Gasteiger partial charge in [0.25, 0.3) is 5.91 Å². The van der Waals surface area contributed by atoms with E-state index in [1.165, 1.54) is 0 Å². The molecule has 0 saturated carbocycles. The van der Waals surface area contributed by atoms with Crippen LogP contribution in [0.5, 0.6) is 17.2 Å². The van der Waals surface area contributed by atoms with E-state index in [9.17, 15) is 34.5 Å². The van der Waals surface area contributed by atoms with E-state index in [2.05, 4.69) is 24.1 Å². The Kier molecular flexibility index (Phi) is 21.2. The second kappa shape index (κ2) is 25.1. The third-order valence-electron chi connectivity index (χ3n) is 13.5. The molecule has 14 nitrogen and oxygen atoms in total. The maximum atomic E-state index is 14.8. The molecule has 5 N–H and O–H groups in total. The van der Waals surface area contributed by atoms with Crippen LogP contribution in [0.4, 0.5) is 5.69 Å². The number of aliphatic hydroxyl groups is 2. The first-order chi connectivity index (χ1) is 32.3. The summed E-state index contributed by atoms with van der Waals surface area (Å²) in [5.41, 5.74) is -1.50. The molecular formula is C54H82N4O10. The van der Waals surface area contributed by atoms with Crippen molar-refractivity contribution in [2.75, 3.05) is 32.1 Å². The number of nitrogens with zero attached hydrogens (tertiary/aromatic N) is 3. The summed E-state index contributed by atoms with van der Waals surface area (Å²) in [6.45, 7) is 29.2. The molecule has 68 heavy (non-hydrogen) atoms. The number of anilines is 1. The van der Waals surface area contributed by atoms with Gasteiger partial charge in [0.15, 0.2) is 17.0 Å². The summed E-state index contributed by atoms with van der Waals surface area (Å²) < 4.78 is 12.5. The van der Waals surface area contributed by atoms with Gasteiger partial charge in [-0.2, -0.15) is 0 Å². The first kappa shape index (κ1) is 57.4. The van der Waals surface area contributed by atoms with Crippen LogP contribution in [0, 0.1) is 42.4 Å². The molecule has 1 spiro atoms. The maximum Gasteiger partial charge on any atom is 0.316 e. The Bertz CT molecular complexity index is 2330. The number of allylic oxidation sites excluding steroid dienone is 4. The third kappa shape index (κ3) is 12.3. The smallest absolute Gasteiger partial charge is 0.316 e. The van der Waals surface area contributed by atoms with Crippen molar-refractivity contribution >= 4 is 40.4 Å². The second-order valence-corrected chi connectivity index (χ2v) is 19.1. The number of aliphatic hydroxyl groups excluding tert-OH is 2. The molecule has 8 atom stereocenters. The topological polar surface area (TPSA) is 208 Å². The van der Waals surface area contributed by atoms with Crippen LogP contribution in [0.25, 0.3) is 10.8 Å². The molecule has 2 aromatic rings. The summed E-state index contributed by atoms with van der Waals surface area (Å²) in [6.07, 6.45) is 10.8. The van der Waals surface area contributed by atoms with Crippen molar-refractivity contribution in [3.63, 3.8) is 0 Å². The summed E-state index contributed by atoms with van der Waals surface area (Å²) >= 11 is 0. The molecule has 5 bridgehead atoms. The normalized spacial score (nSPS) is 28.1. The largest absolute Gasteiger partial charge is 0.507 e. The summed E-state index contributed by atoms with van der Waals surface area (Å²) in [4.78, 5) is 66.4. The average molecular weight is 947 g/mol. The zero-order chi connectivity index (χ0) is 51.4. The van der Waals surface area contributed by atoms with Crippen molar-refractivity contribution in [2.24, 2.45) is 45.5 Å². The summed E-state index contributed by atoms with van der Waals surface area (Å²) in [5.74, 6) is -3.39. The third-order valence-corrected chi connectivity index (χ3v) is 13.5. The van der Waals surface area contributed by atoms with Crippen LogP contribution in [0.2, 0.25) is 0 Å². The number of carbonyl (C=O) groups is 4. The first-order valence-corrected chi connectivity index (χ1v) is 24.9. The van der Waals surface area contributed by atoms with Crippen molar-refractivity contribution in [2.45, 2.75) is 159 Å². The number of phenolic OH excluding ortho intramolecular Hbond substituents is 2. The van der Waals surface area contributed by atoms with Gasteiger partial charge in [0, 0.05) is 68.4 Å². The number of benzene rings is 2. The monoisotopic (exact) mass is 947 g/mol. The highest BCUT2D eigenvalue weighted by Crippen LogP contribution is 2.50. The minimum absolute atomic E-state index is 0.000717. The highest BCUT2D eigenvalue weighted by Gasteiger charge is 2.48. The van der Waals surface area contributed by atoms with E-state index in [4.69, 9.17) is 24.6 Å². The summed E-state index contributed by atoms with van der Waals surface area (Å²) in [6, 6.07) is 0. The van der Waals surface area contributed by atoms with Crippen molar-refractivity contribution in [3.8, 4) is 17.2 Å². The van der Waals surface area contributed by atoms with Gasteiger partial charge in [0.2, 0.25) is 5.78 Å². The van der Waals surface area contributed by atoms with Crippen LogP contribution in [0.3, 0.4) is 0 Å². The molecule has 1 amide bonds. The number of esters is 1. The van der Waals surface area contributed by atoms with Gasteiger partial charge in [-0.1, -0.05) is 107 Å². The average Bonchev–Trinajstić information content (AvgIpc) is 3.82. The van der Waals surface area contributed by atoms with Gasteiger partial charge in [0.05, 0.1) is 22.4 Å². The lowest BCUT2D eigenvalue weighted by Gasteiger charge is -2.36. The minimum Gasteiger partial charge on any atom is -0.507 e. The SMILES string of the molecule is CC.CC.CCC(C=O)C(=O)O[C@H]1[C@H](C)[C@H](O)[C@H](C)C[C@@H](C)/C=C/C=C(/C)C(=O)Nc2c(O)c3c(O)c(C)c4c(c3c3c2=NC2(CCN(CC(C)C)CC2)N=3)C(=O)[C@@](C)(C/C=C/C[C@H]1C)O4.CO.